The summed E-state index contributed by atoms with van der Waals surface area (Å²) in [5.41, 5.74) is 9.86. The second-order valence-electron chi connectivity index (χ2n) is 9.86. The molecule has 1 amide bonds. The molecule has 0 radical (unpaired) electrons. The molecule has 22 nitrogen and oxygen atoms in total. The number of nitrogens with zero attached hydrogens (tertiary/aromatic N) is 4. The van der Waals surface area contributed by atoms with Crippen molar-refractivity contribution >= 4 is 38.7 Å². The van der Waals surface area contributed by atoms with Gasteiger partial charge in [0.2, 0.25) is 5.95 Å². The summed E-state index contributed by atoms with van der Waals surface area (Å²) in [6.45, 7) is -1.96. The summed E-state index contributed by atoms with van der Waals surface area (Å²) in [6, 6.07) is 2.80. The molecule has 0 aromatic carbocycles. The van der Waals surface area contributed by atoms with E-state index in [9.17, 15) is 48.9 Å². The molecular weight excluding hydrogens is 652 g/mol. The van der Waals surface area contributed by atoms with Crippen LogP contribution in [0.25, 0.3) is 11.2 Å². The Kier molecular flexibility index (Phi) is 9.23. The smallest absolute Gasteiger partial charge is 0.478 e. The van der Waals surface area contributed by atoms with E-state index in [4.69, 9.17) is 20.9 Å². The number of anilines is 1. The number of pyridine rings is 1. The van der Waals surface area contributed by atoms with E-state index in [1.165, 1.54) is 29.1 Å². The number of phosphoric acid groups is 2. The van der Waals surface area contributed by atoms with E-state index in [1.54, 1.807) is 0 Å². The number of fused-ring (bicyclic) bond motifs is 1. The number of aromatic nitrogens is 5. The topological polar surface area (TPSA) is 341 Å². The quantitative estimate of drug-likeness (QED) is 0.0701. The highest BCUT2D eigenvalue weighted by molar-refractivity contribution is 7.60. The molecule has 45 heavy (non-hydrogen) atoms. The van der Waals surface area contributed by atoms with Gasteiger partial charge in [-0.1, -0.05) is 0 Å². The van der Waals surface area contributed by atoms with Gasteiger partial charge in [0.25, 0.3) is 25.5 Å². The number of nitrogens with one attached hydrogen (secondary N) is 1. The molecule has 0 bridgehead atoms. The number of imidazole rings is 1. The summed E-state index contributed by atoms with van der Waals surface area (Å²) in [6.07, 6.45) is -8.80. The Morgan fingerprint density at radius 2 is 1.78 bits per heavy atom. The van der Waals surface area contributed by atoms with Crippen molar-refractivity contribution in [3.8, 4) is 0 Å². The highest BCUT2D eigenvalue weighted by Gasteiger charge is 2.49. The number of aliphatic hydroxyl groups excluding tert-OH is 4. The maximum atomic E-state index is 12.4. The fourth-order valence-corrected chi connectivity index (χ4v) is 6.69. The van der Waals surface area contributed by atoms with Crippen LogP contribution < -0.4 is 26.5 Å². The summed E-state index contributed by atoms with van der Waals surface area (Å²) in [4.78, 5) is 55.7. The molecule has 0 saturated carbocycles. The lowest BCUT2D eigenvalue weighted by Crippen LogP contribution is -2.46. The van der Waals surface area contributed by atoms with Gasteiger partial charge in [0.1, 0.15) is 36.1 Å². The summed E-state index contributed by atoms with van der Waals surface area (Å²) < 4.78 is 51.3. The number of H-pyrrole nitrogens is 1. The first-order valence-corrected chi connectivity index (χ1v) is 15.7. The highest BCUT2D eigenvalue weighted by atomic mass is 31.3. The van der Waals surface area contributed by atoms with Gasteiger partial charge < -0.3 is 55.7 Å². The molecule has 5 heterocycles. The number of amides is 1. The van der Waals surface area contributed by atoms with E-state index in [1.807, 2.05) is 0 Å². The normalized spacial score (nSPS) is 31.2. The minimum Gasteiger partial charge on any atom is -0.756 e. The Balaban J connectivity index is 1.17. The molecule has 3 aromatic rings. The molecule has 0 spiro atoms. The molecular formula is C21H27N7O15P2. The molecule has 2 aliphatic heterocycles. The Morgan fingerprint density at radius 3 is 2.49 bits per heavy atom. The van der Waals surface area contributed by atoms with Crippen molar-refractivity contribution in [3.63, 3.8) is 0 Å². The van der Waals surface area contributed by atoms with Crippen LogP contribution in [0.5, 0.6) is 0 Å². The number of aliphatic hydroxyl groups is 4. The third kappa shape index (κ3) is 6.98. The van der Waals surface area contributed by atoms with E-state index in [2.05, 4.69) is 28.3 Å². The fraction of sp³-hybridized carbons (Fsp3) is 0.476. The van der Waals surface area contributed by atoms with Crippen LogP contribution in [0.4, 0.5) is 5.95 Å². The third-order valence-corrected chi connectivity index (χ3v) is 9.37. The molecule has 2 aliphatic rings. The minimum atomic E-state index is -5.65. The van der Waals surface area contributed by atoms with Gasteiger partial charge in [0.05, 0.1) is 19.5 Å². The SMILES string of the molecule is NC(=O)c1ccc[n+]([C@@H]2O[C@H](COP(=O)([O-])OP(=O)(O)OC[C@H]3O[C@@H](n4cnc5c(=O)[nH]c(N)nc54)[C@H](O)[C@@H]3O)[C@@H](O)[C@H]2O)c1. The van der Waals surface area contributed by atoms with E-state index in [0.29, 0.717) is 0 Å². The number of hydrogen-bond acceptors (Lipinski definition) is 17. The second kappa shape index (κ2) is 12.5. The summed E-state index contributed by atoms with van der Waals surface area (Å²) >= 11 is 0. The molecule has 24 heteroatoms. The zero-order valence-electron chi connectivity index (χ0n) is 22.6. The van der Waals surface area contributed by atoms with Gasteiger partial charge in [-0.25, -0.2) is 13.9 Å². The maximum Gasteiger partial charge on any atom is 0.478 e. The number of rotatable bonds is 11. The third-order valence-electron chi connectivity index (χ3n) is 6.80. The number of hydrogen-bond donors (Lipinski definition) is 8. The zero-order chi connectivity index (χ0) is 32.8. The Labute approximate surface area is 250 Å². The molecule has 2 saturated heterocycles. The van der Waals surface area contributed by atoms with Crippen LogP contribution in [0.2, 0.25) is 0 Å². The molecule has 2 unspecified atom stereocenters. The lowest BCUT2D eigenvalue weighted by molar-refractivity contribution is -0.765. The lowest BCUT2D eigenvalue weighted by Gasteiger charge is -2.26. The van der Waals surface area contributed by atoms with Crippen LogP contribution in [0.15, 0.2) is 35.6 Å². The van der Waals surface area contributed by atoms with Crippen molar-refractivity contribution in [2.45, 2.75) is 49.1 Å². The molecule has 3 aromatic heterocycles. The van der Waals surface area contributed by atoms with Gasteiger partial charge in [-0.15, -0.1) is 0 Å². The van der Waals surface area contributed by atoms with Crippen molar-refractivity contribution in [2.24, 2.45) is 5.73 Å². The molecule has 0 aliphatic carbocycles. The van der Waals surface area contributed by atoms with Gasteiger partial charge in [0, 0.05) is 6.07 Å². The average molecular weight is 679 g/mol. The Hall–Kier alpha value is -3.21. The van der Waals surface area contributed by atoms with Gasteiger partial charge in [0.15, 0.2) is 35.9 Å². The standard InChI is InChI=1S/C21H27N7O15P2/c22-16(33)8-2-1-3-27(4-8)19-14(31)12(29)9(41-19)5-39-44(35,36)43-45(37,38)40-6-10-13(30)15(32)20(42-10)28-7-24-11-17(28)25-21(23)26-18(11)34/h1-4,7,9-10,12-15,19-20,29-32H,5-6H2,(H6-,22,23,25,26,33,34,35,36,37,38)/t9-,10-,12-,13-,14-,15-,19-,20-/m1/s1. The first-order valence-electron chi connectivity index (χ1n) is 12.8. The van der Waals surface area contributed by atoms with Crippen LogP contribution >= 0.6 is 15.6 Å². The van der Waals surface area contributed by atoms with E-state index < -0.39 is 89.4 Å². The van der Waals surface area contributed by atoms with Gasteiger partial charge in [-0.05, 0) is 6.07 Å². The molecule has 2 fully saturated rings. The summed E-state index contributed by atoms with van der Waals surface area (Å²) in [5.74, 6) is -1.06. The monoisotopic (exact) mass is 679 g/mol. The number of aromatic amines is 1. The first-order chi connectivity index (χ1) is 21.1. The second-order valence-corrected chi connectivity index (χ2v) is 12.9. The summed E-state index contributed by atoms with van der Waals surface area (Å²) in [7, 11) is -11.1. The van der Waals surface area contributed by atoms with E-state index in [0.717, 1.165) is 10.9 Å². The fourth-order valence-electron chi connectivity index (χ4n) is 4.64. The van der Waals surface area contributed by atoms with Gasteiger partial charge in [-0.2, -0.15) is 9.55 Å². The number of nitrogen functional groups attached to an aromatic ring is 1. The van der Waals surface area contributed by atoms with Crippen molar-refractivity contribution < 1.29 is 71.5 Å². The first kappa shape index (κ1) is 33.2. The van der Waals surface area contributed by atoms with E-state index >= 15 is 0 Å². The van der Waals surface area contributed by atoms with Crippen LogP contribution in [0, 0.1) is 0 Å². The number of primary amides is 1. The maximum absolute atomic E-state index is 12.4. The molecule has 10 atom stereocenters. The minimum absolute atomic E-state index is 0.0493. The number of ether oxygens (including phenoxy) is 2. The van der Waals surface area contributed by atoms with Crippen LogP contribution in [0.3, 0.4) is 0 Å². The number of nitrogens with two attached hydrogens (primary N) is 2. The Bertz CT molecular complexity index is 1740. The van der Waals surface area contributed by atoms with Crippen molar-refractivity contribution in [1.29, 1.82) is 0 Å². The van der Waals surface area contributed by atoms with Gasteiger partial charge >= 0.3 is 7.82 Å². The number of carbonyl (C=O) groups excluding carboxylic acids is 1. The van der Waals surface area contributed by atoms with Crippen LogP contribution in [-0.2, 0) is 32.0 Å². The molecule has 5 rings (SSSR count). The van der Waals surface area contributed by atoms with Crippen molar-refractivity contribution in [3.05, 3.63) is 46.8 Å². The highest BCUT2D eigenvalue weighted by Crippen LogP contribution is 2.58. The predicted molar refractivity (Wildman–Crippen MR) is 140 cm³/mol. The van der Waals surface area contributed by atoms with Crippen LogP contribution in [0.1, 0.15) is 22.8 Å². The van der Waals surface area contributed by atoms with Crippen molar-refractivity contribution in [1.82, 2.24) is 19.5 Å². The van der Waals surface area contributed by atoms with Gasteiger partial charge in [-0.3, -0.25) is 28.2 Å². The van der Waals surface area contributed by atoms with Crippen molar-refractivity contribution in [2.75, 3.05) is 18.9 Å². The Morgan fingerprint density at radius 1 is 1.11 bits per heavy atom. The predicted octanol–water partition coefficient (Wildman–Crippen LogP) is -4.35. The largest absolute Gasteiger partial charge is 0.756 e. The average Bonchev–Trinajstić information content (AvgIpc) is 3.60. The zero-order valence-corrected chi connectivity index (χ0v) is 24.4. The number of carbonyl (C=O) groups is 1. The van der Waals surface area contributed by atoms with Crippen LogP contribution in [-0.4, -0.2) is 101 Å². The molecule has 10 N–H and O–H groups in total. The number of phosphoric ester groups is 2. The molecule has 246 valence electrons. The lowest BCUT2D eigenvalue weighted by atomic mass is 10.1. The van der Waals surface area contributed by atoms with E-state index in [-0.39, 0.29) is 22.7 Å². The summed E-state index contributed by atoms with van der Waals surface area (Å²) in [5, 5.41) is 41.6.